The number of nitrogens with zero attached hydrogens (tertiary/aromatic N) is 3. The van der Waals surface area contributed by atoms with E-state index >= 15 is 0 Å². The first-order valence-corrected chi connectivity index (χ1v) is 10.2. The highest BCUT2D eigenvalue weighted by atomic mass is 32.2. The number of halogens is 3. The van der Waals surface area contributed by atoms with Crippen molar-refractivity contribution in [2.45, 2.75) is 34.7 Å². The molecule has 3 N–H and O–H groups in total. The maximum atomic E-state index is 13.6. The molecule has 31 heavy (non-hydrogen) atoms. The predicted molar refractivity (Wildman–Crippen MR) is 104 cm³/mol. The lowest BCUT2D eigenvalue weighted by Crippen LogP contribution is -2.55. The second-order valence-electron chi connectivity index (χ2n) is 6.97. The number of benzene rings is 2. The number of aliphatic hydroxyl groups is 3. The summed E-state index contributed by atoms with van der Waals surface area (Å²) in [5, 5.41) is 38.8. The van der Waals surface area contributed by atoms with Crippen molar-refractivity contribution in [3.8, 4) is 11.3 Å². The fourth-order valence-corrected chi connectivity index (χ4v) is 4.45. The van der Waals surface area contributed by atoms with Gasteiger partial charge in [0.15, 0.2) is 17.5 Å². The van der Waals surface area contributed by atoms with Crippen molar-refractivity contribution in [2.75, 3.05) is 6.61 Å². The molecule has 0 amide bonds. The van der Waals surface area contributed by atoms with Gasteiger partial charge < -0.3 is 20.1 Å². The molecule has 1 aromatic heterocycles. The molecule has 11 heteroatoms. The summed E-state index contributed by atoms with van der Waals surface area (Å²) >= 11 is 1.20. The van der Waals surface area contributed by atoms with Crippen LogP contribution < -0.4 is 0 Å². The molecule has 7 nitrogen and oxygen atoms in total. The van der Waals surface area contributed by atoms with Gasteiger partial charge >= 0.3 is 0 Å². The van der Waals surface area contributed by atoms with Gasteiger partial charge in [0.2, 0.25) is 0 Å². The summed E-state index contributed by atoms with van der Waals surface area (Å²) in [6.07, 6.45) is -2.35. The average molecular weight is 453 g/mol. The minimum absolute atomic E-state index is 0.0107. The lowest BCUT2D eigenvalue weighted by atomic mass is 9.97. The van der Waals surface area contributed by atoms with Crippen LogP contribution in [0.2, 0.25) is 0 Å². The lowest BCUT2D eigenvalue weighted by molar-refractivity contribution is -0.178. The first-order chi connectivity index (χ1) is 14.9. The van der Waals surface area contributed by atoms with E-state index in [-0.39, 0.29) is 11.3 Å². The zero-order valence-corrected chi connectivity index (χ0v) is 16.7. The van der Waals surface area contributed by atoms with Crippen molar-refractivity contribution >= 4 is 11.8 Å². The lowest BCUT2D eigenvalue weighted by Gasteiger charge is -2.41. The molecule has 1 saturated heterocycles. The Labute approximate surface area is 179 Å². The summed E-state index contributed by atoms with van der Waals surface area (Å²) in [5.41, 5.74) is -0.898. The van der Waals surface area contributed by atoms with Crippen LogP contribution >= 0.6 is 11.8 Å². The fraction of sp³-hybridized carbons (Fsp3) is 0.300. The molecule has 1 aliphatic rings. The molecule has 3 aromatic rings. The highest BCUT2D eigenvalue weighted by molar-refractivity contribution is 7.99. The Morgan fingerprint density at radius 1 is 1.03 bits per heavy atom. The minimum Gasteiger partial charge on any atom is -0.394 e. The van der Waals surface area contributed by atoms with Crippen LogP contribution in [0.15, 0.2) is 53.6 Å². The maximum Gasteiger partial charge on any atom is 0.194 e. The zero-order chi connectivity index (χ0) is 22.1. The number of aliphatic hydroxyl groups excluding tert-OH is 3. The summed E-state index contributed by atoms with van der Waals surface area (Å²) < 4.78 is 47.2. The number of aromatic nitrogens is 3. The van der Waals surface area contributed by atoms with Crippen LogP contribution in [-0.2, 0) is 4.74 Å². The molecule has 164 valence electrons. The average Bonchev–Trinajstić information content (AvgIpc) is 3.24. The van der Waals surface area contributed by atoms with Crippen molar-refractivity contribution in [2.24, 2.45) is 0 Å². The molecule has 1 aliphatic heterocycles. The Morgan fingerprint density at radius 2 is 1.71 bits per heavy atom. The van der Waals surface area contributed by atoms with Gasteiger partial charge in [-0.15, -0.1) is 5.10 Å². The fourth-order valence-electron chi connectivity index (χ4n) is 3.37. The van der Waals surface area contributed by atoms with Gasteiger partial charge in [-0.1, -0.05) is 35.2 Å². The van der Waals surface area contributed by atoms with Crippen molar-refractivity contribution in [3.05, 3.63) is 66.1 Å². The van der Waals surface area contributed by atoms with Gasteiger partial charge in [-0.2, -0.15) is 0 Å². The highest BCUT2D eigenvalue weighted by Gasteiger charge is 2.46. The van der Waals surface area contributed by atoms with Gasteiger partial charge in [0.05, 0.1) is 12.8 Å². The standard InChI is InChI=1S/C20H18F3N3O4S/c21-12-6-10(7-13(22)16(12)23)14-8-26(25-24-14)17-18(28)15(9-27)30-20(19(17)29)31-11-4-2-1-3-5-11/h1-8,15,17-20,27-29H,9H2/t15?,17-,18-,19?,20+/m0/s1. The largest absolute Gasteiger partial charge is 0.394 e. The first-order valence-electron chi connectivity index (χ1n) is 9.30. The van der Waals surface area contributed by atoms with Gasteiger partial charge in [-0.25, -0.2) is 17.9 Å². The minimum atomic E-state index is -1.60. The van der Waals surface area contributed by atoms with E-state index in [0.29, 0.717) is 0 Å². The third kappa shape index (κ3) is 4.32. The van der Waals surface area contributed by atoms with Crippen molar-refractivity contribution in [1.82, 2.24) is 15.0 Å². The Morgan fingerprint density at radius 3 is 2.35 bits per heavy atom. The molecule has 0 radical (unpaired) electrons. The number of hydrogen-bond acceptors (Lipinski definition) is 7. The van der Waals surface area contributed by atoms with Crippen molar-refractivity contribution in [3.63, 3.8) is 0 Å². The van der Waals surface area contributed by atoms with Crippen LogP contribution in [0.3, 0.4) is 0 Å². The smallest absolute Gasteiger partial charge is 0.194 e. The van der Waals surface area contributed by atoms with E-state index in [9.17, 15) is 28.5 Å². The summed E-state index contributed by atoms with van der Waals surface area (Å²) in [5.74, 6) is -4.36. The van der Waals surface area contributed by atoms with E-state index in [0.717, 1.165) is 21.7 Å². The van der Waals surface area contributed by atoms with Gasteiger partial charge in [0, 0.05) is 10.5 Å². The summed E-state index contributed by atoms with van der Waals surface area (Å²) in [4.78, 5) is 0.801. The molecule has 4 rings (SSSR count). The maximum absolute atomic E-state index is 13.6. The van der Waals surface area contributed by atoms with Gasteiger partial charge in [0.25, 0.3) is 0 Å². The quantitative estimate of drug-likeness (QED) is 0.509. The summed E-state index contributed by atoms with van der Waals surface area (Å²) in [6, 6.07) is 9.59. The summed E-state index contributed by atoms with van der Waals surface area (Å²) in [6.45, 7) is -0.508. The molecule has 0 aliphatic carbocycles. The van der Waals surface area contributed by atoms with E-state index in [1.54, 1.807) is 0 Å². The van der Waals surface area contributed by atoms with E-state index in [4.69, 9.17) is 4.74 Å². The van der Waals surface area contributed by atoms with E-state index in [1.165, 1.54) is 18.0 Å². The Hall–Kier alpha value is -2.44. The molecule has 2 unspecified atom stereocenters. The van der Waals surface area contributed by atoms with E-state index < -0.39 is 53.8 Å². The second-order valence-corrected chi connectivity index (χ2v) is 8.14. The first kappa shape index (κ1) is 21.8. The van der Waals surface area contributed by atoms with E-state index in [1.807, 2.05) is 30.3 Å². The van der Waals surface area contributed by atoms with Crippen LogP contribution in [0.5, 0.6) is 0 Å². The molecular formula is C20H18F3N3O4S. The highest BCUT2D eigenvalue weighted by Crippen LogP contribution is 2.38. The topological polar surface area (TPSA) is 101 Å². The number of thioether (sulfide) groups is 1. The SMILES string of the molecule is OCC1O[C@H](Sc2ccccc2)C(O)[C@@H](n2cc(-c3cc(F)c(F)c(F)c3)nn2)[C@H]1O. The zero-order valence-electron chi connectivity index (χ0n) is 15.8. The molecule has 5 atom stereocenters. The van der Waals surface area contributed by atoms with Crippen LogP contribution in [-0.4, -0.2) is 60.7 Å². The van der Waals surface area contributed by atoms with Gasteiger partial charge in [-0.3, -0.25) is 0 Å². The van der Waals surface area contributed by atoms with Crippen LogP contribution in [0.4, 0.5) is 13.2 Å². The molecule has 0 saturated carbocycles. The van der Waals surface area contributed by atoms with Gasteiger partial charge in [-0.05, 0) is 24.3 Å². The summed E-state index contributed by atoms with van der Waals surface area (Å²) in [7, 11) is 0. The Kier molecular flexibility index (Phi) is 6.30. The molecule has 0 bridgehead atoms. The Balaban J connectivity index is 1.64. The van der Waals surface area contributed by atoms with Crippen molar-refractivity contribution < 1.29 is 33.2 Å². The van der Waals surface area contributed by atoms with Crippen molar-refractivity contribution in [1.29, 1.82) is 0 Å². The number of hydrogen-bond donors (Lipinski definition) is 3. The molecule has 2 aromatic carbocycles. The molecule has 0 spiro atoms. The molecular weight excluding hydrogens is 435 g/mol. The third-order valence-electron chi connectivity index (χ3n) is 4.94. The van der Waals surface area contributed by atoms with Crippen LogP contribution in [0.25, 0.3) is 11.3 Å². The number of rotatable bonds is 5. The van der Waals surface area contributed by atoms with Gasteiger partial charge in [0.1, 0.15) is 35.5 Å². The monoisotopic (exact) mass is 453 g/mol. The normalized spacial score (nSPS) is 26.2. The molecule has 1 fully saturated rings. The van der Waals surface area contributed by atoms with E-state index in [2.05, 4.69) is 10.3 Å². The third-order valence-corrected chi connectivity index (χ3v) is 6.11. The number of ether oxygens (including phenoxy) is 1. The van der Waals surface area contributed by atoms with Crippen LogP contribution in [0, 0.1) is 17.5 Å². The second kappa shape index (κ2) is 8.97. The Bertz CT molecular complexity index is 1030. The molecule has 2 heterocycles. The predicted octanol–water partition coefficient (Wildman–Crippen LogP) is 2.13. The van der Waals surface area contributed by atoms with Crippen LogP contribution in [0.1, 0.15) is 6.04 Å².